The second-order valence-corrected chi connectivity index (χ2v) is 8.61. The molecule has 0 saturated heterocycles. The van der Waals surface area contributed by atoms with Gasteiger partial charge in [-0.05, 0) is 19.9 Å². The van der Waals surface area contributed by atoms with Crippen LogP contribution in [0.25, 0.3) is 21.9 Å². The molecule has 0 amide bonds. The number of fused-ring (bicyclic) bond motifs is 5. The van der Waals surface area contributed by atoms with Crippen molar-refractivity contribution in [1.82, 2.24) is 18.8 Å². The molecule has 1 aliphatic heterocycles. The van der Waals surface area contributed by atoms with Crippen molar-refractivity contribution < 1.29 is 8.42 Å². The van der Waals surface area contributed by atoms with Gasteiger partial charge >= 0.3 is 0 Å². The van der Waals surface area contributed by atoms with Gasteiger partial charge in [0.15, 0.2) is 0 Å². The van der Waals surface area contributed by atoms with Gasteiger partial charge in [-0.3, -0.25) is 4.98 Å². The largest absolute Gasteiger partial charge is 0.324 e. The zero-order valence-electron chi connectivity index (χ0n) is 13.3. The van der Waals surface area contributed by atoms with E-state index in [2.05, 4.69) is 14.5 Å². The first kappa shape index (κ1) is 14.6. The predicted octanol–water partition coefficient (Wildman–Crippen LogP) is 2.14. The summed E-state index contributed by atoms with van der Waals surface area (Å²) in [4.78, 5) is 9.08. The number of benzene rings is 1. The lowest BCUT2D eigenvalue weighted by Gasteiger charge is -2.40. The summed E-state index contributed by atoms with van der Waals surface area (Å²) in [5.74, 6) is 0.767. The van der Waals surface area contributed by atoms with Crippen molar-refractivity contribution in [3.63, 3.8) is 0 Å². The molecule has 0 saturated carbocycles. The van der Waals surface area contributed by atoms with Gasteiger partial charge in [-0.25, -0.2) is 13.4 Å². The fourth-order valence-corrected chi connectivity index (χ4v) is 4.78. The van der Waals surface area contributed by atoms with Crippen LogP contribution in [-0.2, 0) is 23.1 Å². The number of rotatable bonds is 1. The Morgan fingerprint density at radius 2 is 1.91 bits per heavy atom. The van der Waals surface area contributed by atoms with E-state index in [-0.39, 0.29) is 6.54 Å². The summed E-state index contributed by atoms with van der Waals surface area (Å²) in [5, 5.41) is 1.05. The topological polar surface area (TPSA) is 68.1 Å². The fourth-order valence-electron chi connectivity index (χ4n) is 3.48. The maximum Gasteiger partial charge on any atom is 0.212 e. The Balaban J connectivity index is 2.01. The van der Waals surface area contributed by atoms with Gasteiger partial charge in [0.1, 0.15) is 11.3 Å². The van der Waals surface area contributed by atoms with Crippen LogP contribution in [0.5, 0.6) is 0 Å². The van der Waals surface area contributed by atoms with Crippen molar-refractivity contribution >= 4 is 32.0 Å². The summed E-state index contributed by atoms with van der Waals surface area (Å²) in [6.07, 6.45) is 3.02. The quantitative estimate of drug-likeness (QED) is 0.685. The lowest BCUT2D eigenvalue weighted by Crippen LogP contribution is -2.52. The zero-order valence-corrected chi connectivity index (χ0v) is 14.1. The third-order valence-electron chi connectivity index (χ3n) is 4.46. The molecule has 120 valence electrons. The summed E-state index contributed by atoms with van der Waals surface area (Å²) in [6, 6.07) is 7.96. The molecule has 2 aromatic heterocycles. The maximum atomic E-state index is 12.1. The Bertz CT molecular complexity index is 1040. The molecule has 0 unspecified atom stereocenters. The van der Waals surface area contributed by atoms with E-state index in [4.69, 9.17) is 0 Å². The molecule has 6 nitrogen and oxygen atoms in total. The standard InChI is InChI=1S/C16H18N4O2S/c1-16(2)10-19-14(9-20(16)23(3,21)22)18-13-8-17-12-7-5-4-6-11(12)15(13)19/h4-8H,9-10H2,1-3H3. The second-order valence-electron chi connectivity index (χ2n) is 6.71. The van der Waals surface area contributed by atoms with Gasteiger partial charge in [-0.15, -0.1) is 0 Å². The number of hydrogen-bond acceptors (Lipinski definition) is 4. The van der Waals surface area contributed by atoms with Crippen LogP contribution in [0.4, 0.5) is 0 Å². The smallest absolute Gasteiger partial charge is 0.212 e. The Hall–Kier alpha value is -1.99. The number of para-hydroxylation sites is 1. The van der Waals surface area contributed by atoms with Gasteiger partial charge in [-0.2, -0.15) is 4.31 Å². The molecule has 0 atom stereocenters. The molecule has 0 bridgehead atoms. The highest BCUT2D eigenvalue weighted by atomic mass is 32.2. The SMILES string of the molecule is CC1(C)Cn2c(nc3cnc4ccccc4c32)CN1S(C)(=O)=O. The first-order valence-corrected chi connectivity index (χ1v) is 9.33. The summed E-state index contributed by atoms with van der Waals surface area (Å²) in [5.41, 5.74) is 2.27. The molecule has 0 aliphatic carbocycles. The number of aromatic nitrogens is 3. The van der Waals surface area contributed by atoms with Crippen LogP contribution in [0.15, 0.2) is 30.5 Å². The monoisotopic (exact) mass is 330 g/mol. The first-order chi connectivity index (χ1) is 10.8. The van der Waals surface area contributed by atoms with Crippen LogP contribution in [-0.4, -0.2) is 39.1 Å². The molecule has 0 fully saturated rings. The molecule has 3 aromatic rings. The molecule has 1 aliphatic rings. The number of sulfonamides is 1. The van der Waals surface area contributed by atoms with Gasteiger partial charge in [0.05, 0.1) is 30.0 Å². The summed E-state index contributed by atoms with van der Waals surface area (Å²) >= 11 is 0. The zero-order chi connectivity index (χ0) is 16.4. The van der Waals surface area contributed by atoms with E-state index in [1.165, 1.54) is 10.6 Å². The molecule has 0 radical (unpaired) electrons. The number of pyridine rings is 1. The molecule has 4 rings (SSSR count). The summed E-state index contributed by atoms with van der Waals surface area (Å²) in [7, 11) is -3.29. The van der Waals surface area contributed by atoms with E-state index in [1.54, 1.807) is 6.20 Å². The third kappa shape index (κ3) is 2.14. The van der Waals surface area contributed by atoms with Crippen molar-refractivity contribution in [2.45, 2.75) is 32.5 Å². The average molecular weight is 330 g/mol. The first-order valence-electron chi connectivity index (χ1n) is 7.48. The van der Waals surface area contributed by atoms with Gasteiger partial charge in [0, 0.05) is 17.5 Å². The molecule has 23 heavy (non-hydrogen) atoms. The lowest BCUT2D eigenvalue weighted by atomic mass is 10.0. The molecule has 3 heterocycles. The highest BCUT2D eigenvalue weighted by Crippen LogP contribution is 2.33. The molecular formula is C16H18N4O2S. The Labute approximate surface area is 134 Å². The van der Waals surface area contributed by atoms with Gasteiger partial charge in [-0.1, -0.05) is 18.2 Å². The van der Waals surface area contributed by atoms with E-state index < -0.39 is 15.6 Å². The van der Waals surface area contributed by atoms with Crippen molar-refractivity contribution in [3.8, 4) is 0 Å². The fraction of sp³-hybridized carbons (Fsp3) is 0.375. The summed E-state index contributed by atoms with van der Waals surface area (Å²) < 4.78 is 27.9. The van der Waals surface area contributed by atoms with E-state index in [0.29, 0.717) is 6.54 Å². The van der Waals surface area contributed by atoms with Crippen LogP contribution >= 0.6 is 0 Å². The van der Waals surface area contributed by atoms with Crippen molar-refractivity contribution in [3.05, 3.63) is 36.3 Å². The molecule has 0 spiro atoms. The van der Waals surface area contributed by atoms with Crippen LogP contribution in [0.1, 0.15) is 19.7 Å². The van der Waals surface area contributed by atoms with Crippen LogP contribution in [0.3, 0.4) is 0 Å². The number of hydrogen-bond donors (Lipinski definition) is 0. The number of nitrogens with zero attached hydrogens (tertiary/aromatic N) is 4. The minimum absolute atomic E-state index is 0.287. The normalized spacial score (nSPS) is 18.4. The van der Waals surface area contributed by atoms with Gasteiger partial charge < -0.3 is 4.57 Å². The molecule has 1 aromatic carbocycles. The summed E-state index contributed by atoms with van der Waals surface area (Å²) in [6.45, 7) is 4.76. The minimum atomic E-state index is -3.29. The van der Waals surface area contributed by atoms with Crippen molar-refractivity contribution in [2.75, 3.05) is 6.26 Å². The average Bonchev–Trinajstić information content (AvgIpc) is 2.82. The van der Waals surface area contributed by atoms with E-state index >= 15 is 0 Å². The van der Waals surface area contributed by atoms with Gasteiger partial charge in [0.25, 0.3) is 0 Å². The molecule has 7 heteroatoms. The van der Waals surface area contributed by atoms with E-state index in [1.807, 2.05) is 38.1 Å². The van der Waals surface area contributed by atoms with Crippen LogP contribution in [0, 0.1) is 0 Å². The Morgan fingerprint density at radius 1 is 1.17 bits per heavy atom. The molecular weight excluding hydrogens is 312 g/mol. The second kappa shape index (κ2) is 4.52. The van der Waals surface area contributed by atoms with Crippen molar-refractivity contribution in [1.29, 1.82) is 0 Å². The lowest BCUT2D eigenvalue weighted by molar-refractivity contribution is 0.161. The van der Waals surface area contributed by atoms with Crippen LogP contribution < -0.4 is 0 Å². The predicted molar refractivity (Wildman–Crippen MR) is 89.5 cm³/mol. The number of imidazole rings is 1. The third-order valence-corrected chi connectivity index (χ3v) is 5.89. The van der Waals surface area contributed by atoms with E-state index in [9.17, 15) is 8.42 Å². The highest BCUT2D eigenvalue weighted by Gasteiger charge is 2.40. The van der Waals surface area contributed by atoms with Gasteiger partial charge in [0.2, 0.25) is 10.0 Å². The van der Waals surface area contributed by atoms with E-state index in [0.717, 1.165) is 27.8 Å². The van der Waals surface area contributed by atoms with Crippen LogP contribution in [0.2, 0.25) is 0 Å². The Kier molecular flexibility index (Phi) is 2.87. The highest BCUT2D eigenvalue weighted by molar-refractivity contribution is 7.88. The minimum Gasteiger partial charge on any atom is -0.324 e. The molecule has 0 N–H and O–H groups in total. The maximum absolute atomic E-state index is 12.1. The Morgan fingerprint density at radius 3 is 2.65 bits per heavy atom. The van der Waals surface area contributed by atoms with Crippen molar-refractivity contribution in [2.24, 2.45) is 0 Å².